The van der Waals surface area contributed by atoms with Crippen molar-refractivity contribution in [2.24, 2.45) is 28.4 Å². The molecule has 1 heterocycles. The first kappa shape index (κ1) is 15.3. The molecule has 2 rings (SSSR count). The fourth-order valence-corrected chi connectivity index (χ4v) is 3.64. The van der Waals surface area contributed by atoms with Gasteiger partial charge in [0, 0.05) is 30.0 Å². The molecule has 0 radical (unpaired) electrons. The summed E-state index contributed by atoms with van der Waals surface area (Å²) in [5.41, 5.74) is 7.05. The molecule has 0 amide bonds. The normalized spacial score (nSPS) is 38.7. The van der Waals surface area contributed by atoms with Gasteiger partial charge in [0.25, 0.3) is 0 Å². The molecule has 3 heteroatoms. The van der Waals surface area contributed by atoms with E-state index < -0.39 is 0 Å². The van der Waals surface area contributed by atoms with E-state index in [2.05, 4.69) is 46.9 Å². The summed E-state index contributed by atoms with van der Waals surface area (Å²) in [7, 11) is 0. The predicted octanol–water partition coefficient (Wildman–Crippen LogP) is 2.40. The Morgan fingerprint density at radius 1 is 1.37 bits per heavy atom. The summed E-state index contributed by atoms with van der Waals surface area (Å²) in [6, 6.07) is 0. The van der Waals surface area contributed by atoms with E-state index in [0.717, 1.165) is 26.1 Å². The molecule has 0 aromatic heterocycles. The summed E-state index contributed by atoms with van der Waals surface area (Å²) >= 11 is 0. The number of nitrogens with one attached hydrogen (secondary N) is 1. The summed E-state index contributed by atoms with van der Waals surface area (Å²) in [6.45, 7) is 16.5. The maximum Gasteiger partial charge on any atom is 0.0691 e. The lowest BCUT2D eigenvalue weighted by atomic mass is 9.48. The van der Waals surface area contributed by atoms with Crippen molar-refractivity contribution in [1.29, 1.82) is 0 Å². The average Bonchev–Trinajstić information content (AvgIpc) is 2.75. The molecule has 1 saturated carbocycles. The minimum atomic E-state index is -0.105. The van der Waals surface area contributed by atoms with Gasteiger partial charge in [-0.2, -0.15) is 0 Å². The first-order chi connectivity index (χ1) is 8.61. The maximum atomic E-state index is 6.72. The molecule has 2 fully saturated rings. The van der Waals surface area contributed by atoms with Crippen LogP contribution >= 0.6 is 0 Å². The molecule has 0 bridgehead atoms. The molecule has 19 heavy (non-hydrogen) atoms. The fraction of sp³-hybridized carbons (Fsp3) is 1.00. The predicted molar refractivity (Wildman–Crippen MR) is 80.0 cm³/mol. The van der Waals surface area contributed by atoms with E-state index in [1.165, 1.54) is 0 Å². The molecule has 0 aromatic carbocycles. The van der Waals surface area contributed by atoms with E-state index in [9.17, 15) is 0 Å². The third-order valence-electron chi connectivity index (χ3n) is 6.01. The highest BCUT2D eigenvalue weighted by Gasteiger charge is 2.67. The molecule has 1 saturated heterocycles. The average molecular weight is 268 g/mol. The second-order valence-corrected chi connectivity index (χ2v) is 8.35. The Bertz CT molecular complexity index is 334. The van der Waals surface area contributed by atoms with Gasteiger partial charge in [0.1, 0.15) is 0 Å². The smallest absolute Gasteiger partial charge is 0.0691 e. The van der Waals surface area contributed by atoms with Gasteiger partial charge in [-0.15, -0.1) is 0 Å². The topological polar surface area (TPSA) is 47.3 Å². The van der Waals surface area contributed by atoms with Gasteiger partial charge in [0.15, 0.2) is 0 Å². The molecule has 112 valence electrons. The van der Waals surface area contributed by atoms with Crippen LogP contribution < -0.4 is 11.1 Å². The Hall–Kier alpha value is -0.120. The van der Waals surface area contributed by atoms with Crippen molar-refractivity contribution in [2.75, 3.05) is 19.7 Å². The Labute approximate surface area is 118 Å². The third kappa shape index (κ3) is 2.34. The quantitative estimate of drug-likeness (QED) is 0.823. The fourth-order valence-electron chi connectivity index (χ4n) is 3.64. The number of rotatable bonds is 4. The van der Waals surface area contributed by atoms with Crippen molar-refractivity contribution in [3.8, 4) is 0 Å². The van der Waals surface area contributed by atoms with Gasteiger partial charge in [0.2, 0.25) is 0 Å². The zero-order chi connectivity index (χ0) is 14.5. The van der Waals surface area contributed by atoms with Gasteiger partial charge >= 0.3 is 0 Å². The van der Waals surface area contributed by atoms with Crippen LogP contribution in [0.25, 0.3) is 0 Å². The standard InChI is InChI=1S/C16H32N2O/c1-11(14(2,3)4)9-18-10-16(17)12-7-8-19-13(12)15(16,5)6/h11-13,18H,7-10,17H2,1-6H3. The zero-order valence-electron chi connectivity index (χ0n) is 13.5. The highest BCUT2D eigenvalue weighted by Crippen LogP contribution is 2.57. The largest absolute Gasteiger partial charge is 0.377 e. The number of hydrogen-bond acceptors (Lipinski definition) is 3. The third-order valence-corrected chi connectivity index (χ3v) is 6.01. The number of fused-ring (bicyclic) bond motifs is 1. The Morgan fingerprint density at radius 2 is 2.00 bits per heavy atom. The van der Waals surface area contributed by atoms with Crippen molar-refractivity contribution < 1.29 is 4.74 Å². The molecule has 4 atom stereocenters. The molecule has 0 spiro atoms. The minimum Gasteiger partial charge on any atom is -0.377 e. The van der Waals surface area contributed by atoms with Gasteiger partial charge < -0.3 is 15.8 Å². The maximum absolute atomic E-state index is 6.72. The van der Waals surface area contributed by atoms with Gasteiger partial charge in [0.05, 0.1) is 6.10 Å². The summed E-state index contributed by atoms with van der Waals surface area (Å²) in [6.07, 6.45) is 1.50. The lowest BCUT2D eigenvalue weighted by molar-refractivity contribution is -0.153. The van der Waals surface area contributed by atoms with Crippen LogP contribution in [-0.4, -0.2) is 31.3 Å². The van der Waals surface area contributed by atoms with E-state index in [1.54, 1.807) is 0 Å². The Balaban J connectivity index is 1.89. The van der Waals surface area contributed by atoms with Gasteiger partial charge in [-0.3, -0.25) is 0 Å². The van der Waals surface area contributed by atoms with Crippen LogP contribution in [0.4, 0.5) is 0 Å². The lowest BCUT2D eigenvalue weighted by Crippen LogP contribution is -2.78. The van der Waals surface area contributed by atoms with E-state index >= 15 is 0 Å². The van der Waals surface area contributed by atoms with Gasteiger partial charge in [-0.25, -0.2) is 0 Å². The van der Waals surface area contributed by atoms with E-state index in [1.807, 2.05) is 0 Å². The molecule has 0 aromatic rings. The first-order valence-corrected chi connectivity index (χ1v) is 7.72. The molecule has 2 aliphatic rings. The molecule has 4 unspecified atom stereocenters. The van der Waals surface area contributed by atoms with Crippen LogP contribution in [0.5, 0.6) is 0 Å². The highest BCUT2D eigenvalue weighted by atomic mass is 16.5. The summed E-state index contributed by atoms with van der Waals surface area (Å²) in [5.74, 6) is 1.19. The van der Waals surface area contributed by atoms with Crippen molar-refractivity contribution in [3.63, 3.8) is 0 Å². The summed E-state index contributed by atoms with van der Waals surface area (Å²) in [4.78, 5) is 0. The van der Waals surface area contributed by atoms with E-state index in [4.69, 9.17) is 10.5 Å². The summed E-state index contributed by atoms with van der Waals surface area (Å²) in [5, 5.41) is 3.62. The highest BCUT2D eigenvalue weighted by molar-refractivity contribution is 5.21. The van der Waals surface area contributed by atoms with Crippen LogP contribution in [-0.2, 0) is 4.74 Å². The molecule has 1 aliphatic heterocycles. The molecule has 3 nitrogen and oxygen atoms in total. The zero-order valence-corrected chi connectivity index (χ0v) is 13.5. The van der Waals surface area contributed by atoms with Gasteiger partial charge in [-0.05, 0) is 24.3 Å². The number of ether oxygens (including phenoxy) is 1. The van der Waals surface area contributed by atoms with Crippen molar-refractivity contribution in [3.05, 3.63) is 0 Å². The molecular formula is C16H32N2O. The molecule has 3 N–H and O–H groups in total. The van der Waals surface area contributed by atoms with Crippen molar-refractivity contribution in [2.45, 2.75) is 59.6 Å². The summed E-state index contributed by atoms with van der Waals surface area (Å²) < 4.78 is 5.84. The first-order valence-electron chi connectivity index (χ1n) is 7.72. The van der Waals surface area contributed by atoms with Gasteiger partial charge in [-0.1, -0.05) is 41.5 Å². The van der Waals surface area contributed by atoms with Crippen LogP contribution in [0, 0.1) is 22.7 Å². The Kier molecular flexibility index (Phi) is 3.79. The van der Waals surface area contributed by atoms with Crippen molar-refractivity contribution in [1.82, 2.24) is 5.32 Å². The number of nitrogens with two attached hydrogens (primary N) is 1. The molecule has 1 aliphatic carbocycles. The van der Waals surface area contributed by atoms with Crippen LogP contribution in [0.15, 0.2) is 0 Å². The van der Waals surface area contributed by atoms with Crippen LogP contribution in [0.3, 0.4) is 0 Å². The molecular weight excluding hydrogens is 236 g/mol. The monoisotopic (exact) mass is 268 g/mol. The van der Waals surface area contributed by atoms with E-state index in [-0.39, 0.29) is 11.0 Å². The SMILES string of the molecule is CC(CNCC1(N)C2CCOC2C1(C)C)C(C)(C)C. The lowest BCUT2D eigenvalue weighted by Gasteiger charge is -2.62. The van der Waals surface area contributed by atoms with Crippen LogP contribution in [0.2, 0.25) is 0 Å². The second kappa shape index (κ2) is 4.71. The Morgan fingerprint density at radius 3 is 2.58 bits per heavy atom. The minimum absolute atomic E-state index is 0.0894. The van der Waals surface area contributed by atoms with E-state index in [0.29, 0.717) is 23.4 Å². The second-order valence-electron chi connectivity index (χ2n) is 8.35. The number of hydrogen-bond donors (Lipinski definition) is 2. The van der Waals surface area contributed by atoms with Crippen molar-refractivity contribution >= 4 is 0 Å². The van der Waals surface area contributed by atoms with Crippen LogP contribution in [0.1, 0.15) is 48.0 Å².